The number of aromatic nitrogens is 4. The number of tetrazole rings is 1. The second kappa shape index (κ2) is 8.45. The molecule has 5 aliphatic rings. The van der Waals surface area contributed by atoms with Gasteiger partial charge in [0.1, 0.15) is 0 Å². The van der Waals surface area contributed by atoms with Gasteiger partial charge in [0.2, 0.25) is 5.91 Å². The van der Waals surface area contributed by atoms with E-state index in [0.29, 0.717) is 18.3 Å². The molecule has 2 unspecified atom stereocenters. The lowest BCUT2D eigenvalue weighted by Crippen LogP contribution is -2.58. The number of nitrogens with one attached hydrogen (secondary N) is 1. The van der Waals surface area contributed by atoms with Gasteiger partial charge in [-0.2, -0.15) is 9.90 Å². The van der Waals surface area contributed by atoms with Gasteiger partial charge in [-0.25, -0.2) is 5.43 Å². The number of morpholine rings is 1. The Morgan fingerprint density at radius 1 is 1.15 bits per heavy atom. The third-order valence-corrected chi connectivity index (χ3v) is 8.47. The third-order valence-electron chi connectivity index (χ3n) is 8.47. The van der Waals surface area contributed by atoms with Crippen LogP contribution in [-0.4, -0.2) is 58.1 Å². The van der Waals surface area contributed by atoms with E-state index in [4.69, 9.17) is 4.74 Å². The van der Waals surface area contributed by atoms with Gasteiger partial charge in [0.25, 0.3) is 0 Å². The minimum atomic E-state index is -0.0672. The first-order chi connectivity index (χ1) is 16.5. The molecule has 1 aliphatic heterocycles. The van der Waals surface area contributed by atoms with Crippen molar-refractivity contribution in [2.24, 2.45) is 22.4 Å². The molecule has 4 aliphatic carbocycles. The molecule has 7 rings (SSSR count). The zero-order valence-corrected chi connectivity index (χ0v) is 19.8. The Bertz CT molecular complexity index is 1050. The molecule has 2 atom stereocenters. The molecule has 34 heavy (non-hydrogen) atoms. The summed E-state index contributed by atoms with van der Waals surface area (Å²) in [5, 5.41) is 17.1. The predicted molar refractivity (Wildman–Crippen MR) is 127 cm³/mol. The monoisotopic (exact) mass is 463 g/mol. The molecule has 0 spiro atoms. The van der Waals surface area contributed by atoms with Crippen LogP contribution in [0, 0.1) is 17.3 Å². The number of amides is 1. The Kier molecular flexibility index (Phi) is 5.39. The van der Waals surface area contributed by atoms with E-state index in [2.05, 4.69) is 55.1 Å². The van der Waals surface area contributed by atoms with Gasteiger partial charge in [0.15, 0.2) is 6.33 Å². The smallest absolute Gasteiger partial charge is 0.240 e. The zero-order valence-electron chi connectivity index (χ0n) is 19.8. The number of hydrogen-bond acceptors (Lipinski definition) is 7. The quantitative estimate of drug-likeness (QED) is 0.523. The topological polar surface area (TPSA) is 97.5 Å². The van der Waals surface area contributed by atoms with Crippen molar-refractivity contribution in [2.45, 2.75) is 57.4 Å². The second-order valence-electron chi connectivity index (χ2n) is 11.0. The van der Waals surface area contributed by atoms with Crippen molar-refractivity contribution >= 4 is 17.3 Å². The van der Waals surface area contributed by atoms with E-state index in [-0.39, 0.29) is 16.9 Å². The van der Waals surface area contributed by atoms with Crippen molar-refractivity contribution in [2.75, 3.05) is 31.2 Å². The Hall–Kier alpha value is -2.81. The molecule has 5 fully saturated rings. The van der Waals surface area contributed by atoms with E-state index < -0.39 is 0 Å². The van der Waals surface area contributed by atoms with Crippen LogP contribution in [0.5, 0.6) is 0 Å². The summed E-state index contributed by atoms with van der Waals surface area (Å²) in [5.41, 5.74) is 5.83. The maximum Gasteiger partial charge on any atom is 0.240 e. The molecular weight excluding hydrogens is 430 g/mol. The van der Waals surface area contributed by atoms with E-state index in [1.54, 1.807) is 0 Å². The maximum absolute atomic E-state index is 13.0. The first-order valence-electron chi connectivity index (χ1n) is 12.5. The summed E-state index contributed by atoms with van der Waals surface area (Å²) in [6.07, 6.45) is 8.76. The molecular formula is C25H33N7O2. The molecule has 180 valence electrons. The van der Waals surface area contributed by atoms with Gasteiger partial charge in [0.05, 0.1) is 24.5 Å². The first-order valence-corrected chi connectivity index (χ1v) is 12.5. The SMILES string of the molecule is C/C(=N/NC(=O)CC12CC3CC(C1)CC(n1ncnn1)(C3)C2)c1ccc(N2CCOCC2)cc1. The molecule has 1 aromatic carbocycles. The molecule has 4 bridgehead atoms. The average molecular weight is 464 g/mol. The van der Waals surface area contributed by atoms with Gasteiger partial charge >= 0.3 is 0 Å². The van der Waals surface area contributed by atoms with Crippen molar-refractivity contribution in [1.82, 2.24) is 25.6 Å². The van der Waals surface area contributed by atoms with Crippen molar-refractivity contribution in [1.29, 1.82) is 0 Å². The molecule has 9 nitrogen and oxygen atoms in total. The maximum atomic E-state index is 13.0. The van der Waals surface area contributed by atoms with Crippen molar-refractivity contribution in [3.8, 4) is 0 Å². The number of nitrogens with zero attached hydrogens (tertiary/aromatic N) is 6. The third kappa shape index (κ3) is 4.00. The van der Waals surface area contributed by atoms with Crippen LogP contribution in [0.3, 0.4) is 0 Å². The van der Waals surface area contributed by atoms with Crippen LogP contribution in [0.4, 0.5) is 5.69 Å². The number of anilines is 1. The minimum Gasteiger partial charge on any atom is -0.378 e. The largest absolute Gasteiger partial charge is 0.378 e. The molecule has 4 saturated carbocycles. The highest BCUT2D eigenvalue weighted by Crippen LogP contribution is 2.64. The number of ether oxygens (including phenoxy) is 1. The van der Waals surface area contributed by atoms with Crippen LogP contribution in [0.1, 0.15) is 57.4 Å². The normalized spacial score (nSPS) is 32.7. The number of carbonyl (C=O) groups is 1. The van der Waals surface area contributed by atoms with Crippen LogP contribution in [0.2, 0.25) is 0 Å². The van der Waals surface area contributed by atoms with Crippen LogP contribution < -0.4 is 10.3 Å². The van der Waals surface area contributed by atoms with E-state index in [9.17, 15) is 4.79 Å². The molecule has 1 amide bonds. The summed E-state index contributed by atoms with van der Waals surface area (Å²) < 4.78 is 5.44. The van der Waals surface area contributed by atoms with Gasteiger partial charge in [-0.15, -0.1) is 10.2 Å². The van der Waals surface area contributed by atoms with Crippen LogP contribution in [-0.2, 0) is 15.1 Å². The predicted octanol–water partition coefficient (Wildman–Crippen LogP) is 2.74. The van der Waals surface area contributed by atoms with Gasteiger partial charge < -0.3 is 9.64 Å². The highest BCUT2D eigenvalue weighted by Gasteiger charge is 2.59. The zero-order chi connectivity index (χ0) is 23.2. The number of hydrogen-bond donors (Lipinski definition) is 1. The summed E-state index contributed by atoms with van der Waals surface area (Å²) in [7, 11) is 0. The molecule has 2 aromatic rings. The Labute approximate surface area is 199 Å². The Morgan fingerprint density at radius 2 is 1.88 bits per heavy atom. The average Bonchev–Trinajstić information content (AvgIpc) is 3.38. The fraction of sp³-hybridized carbons (Fsp3) is 0.640. The van der Waals surface area contributed by atoms with Crippen molar-refractivity contribution in [3.63, 3.8) is 0 Å². The highest BCUT2D eigenvalue weighted by atomic mass is 16.5. The standard InChI is InChI=1S/C25H33N7O2/c1-18(21-2-4-22(5-3-21)31-6-8-34-9-7-31)28-29-23(33)15-24-11-19-10-20(12-24)14-25(13-19,16-24)32-27-17-26-30-32/h2-5,17,19-20H,6-16H2,1H3,(H,29,33)/b28-18-. The highest BCUT2D eigenvalue weighted by molar-refractivity contribution is 5.99. The Balaban J connectivity index is 1.11. The van der Waals surface area contributed by atoms with Crippen molar-refractivity contribution in [3.05, 3.63) is 36.2 Å². The van der Waals surface area contributed by atoms with Gasteiger partial charge in [-0.3, -0.25) is 4.79 Å². The summed E-state index contributed by atoms with van der Waals surface area (Å²) in [6.45, 7) is 5.32. The minimum absolute atomic E-state index is 0.00735. The van der Waals surface area contributed by atoms with Crippen LogP contribution in [0.25, 0.3) is 0 Å². The Morgan fingerprint density at radius 3 is 2.56 bits per heavy atom. The molecule has 2 heterocycles. The molecule has 0 radical (unpaired) electrons. The van der Waals surface area contributed by atoms with Crippen LogP contribution in [0.15, 0.2) is 35.7 Å². The van der Waals surface area contributed by atoms with Gasteiger partial charge in [0, 0.05) is 25.2 Å². The summed E-state index contributed by atoms with van der Waals surface area (Å²) in [6, 6.07) is 8.39. The number of hydrazone groups is 1. The molecule has 1 N–H and O–H groups in total. The van der Waals surface area contributed by atoms with E-state index >= 15 is 0 Å². The van der Waals surface area contributed by atoms with Gasteiger partial charge in [-0.05, 0) is 85.6 Å². The van der Waals surface area contributed by atoms with E-state index in [1.807, 2.05) is 11.7 Å². The summed E-state index contributed by atoms with van der Waals surface area (Å²) in [5.74, 6) is 1.30. The lowest BCUT2D eigenvalue weighted by molar-refractivity contribution is -0.139. The molecule has 9 heteroatoms. The second-order valence-corrected chi connectivity index (χ2v) is 11.0. The number of rotatable bonds is 6. The summed E-state index contributed by atoms with van der Waals surface area (Å²) >= 11 is 0. The molecule has 1 saturated heterocycles. The van der Waals surface area contributed by atoms with E-state index in [1.165, 1.54) is 18.4 Å². The lowest BCUT2D eigenvalue weighted by atomic mass is 9.46. The van der Waals surface area contributed by atoms with Gasteiger partial charge in [-0.1, -0.05) is 12.1 Å². The molecule has 1 aromatic heterocycles. The first kappa shape index (κ1) is 21.7. The fourth-order valence-electron chi connectivity index (χ4n) is 7.55. The number of benzene rings is 1. The lowest BCUT2D eigenvalue weighted by Gasteiger charge is -2.61. The summed E-state index contributed by atoms with van der Waals surface area (Å²) in [4.78, 5) is 17.2. The van der Waals surface area contributed by atoms with Crippen molar-refractivity contribution < 1.29 is 9.53 Å². The fourth-order valence-corrected chi connectivity index (χ4v) is 7.55. The van der Waals surface area contributed by atoms with E-state index in [0.717, 1.165) is 69.7 Å². The number of carbonyl (C=O) groups excluding carboxylic acids is 1. The van der Waals surface area contributed by atoms with Crippen LogP contribution >= 0.6 is 0 Å².